The summed E-state index contributed by atoms with van der Waals surface area (Å²) < 4.78 is 5.34. The van der Waals surface area contributed by atoms with Gasteiger partial charge in [0.1, 0.15) is 13.1 Å². The number of nitrogens with one attached hydrogen (secondary N) is 1. The number of fused-ring (bicyclic) bond motifs is 1. The van der Waals surface area contributed by atoms with Gasteiger partial charge in [-0.3, -0.25) is 14.5 Å². The molecule has 2 heterocycles. The van der Waals surface area contributed by atoms with E-state index in [1.165, 1.54) is 4.90 Å². The summed E-state index contributed by atoms with van der Waals surface area (Å²) in [5, 5.41) is 0. The second-order valence-corrected chi connectivity index (χ2v) is 5.88. The van der Waals surface area contributed by atoms with Crippen LogP contribution in [0.15, 0.2) is 12.1 Å². The quantitative estimate of drug-likeness (QED) is 0.781. The molecule has 1 fully saturated rings. The number of carbonyl (C=O) groups excluding carboxylic acids is 2. The molecule has 0 atom stereocenters. The highest BCUT2D eigenvalue weighted by Gasteiger charge is 2.37. The van der Waals surface area contributed by atoms with Crippen LogP contribution in [-0.2, 0) is 9.53 Å². The van der Waals surface area contributed by atoms with Gasteiger partial charge in [-0.25, -0.2) is 0 Å². The first-order valence-electron chi connectivity index (χ1n) is 7.46. The molecule has 5 nitrogen and oxygen atoms in total. The van der Waals surface area contributed by atoms with Gasteiger partial charge in [0.15, 0.2) is 0 Å². The largest absolute Gasteiger partial charge is 0.370 e. The van der Waals surface area contributed by atoms with E-state index in [4.69, 9.17) is 4.74 Å². The third kappa shape index (κ3) is 2.59. The fourth-order valence-corrected chi connectivity index (χ4v) is 3.22. The Kier molecular flexibility index (Phi) is 3.78. The lowest BCUT2D eigenvalue weighted by Gasteiger charge is -2.26. The van der Waals surface area contributed by atoms with E-state index in [1.807, 2.05) is 26.0 Å². The molecule has 2 aliphatic heterocycles. The Bertz CT molecular complexity index is 591. The molecule has 112 valence electrons. The van der Waals surface area contributed by atoms with Gasteiger partial charge < -0.3 is 9.64 Å². The number of benzene rings is 1. The van der Waals surface area contributed by atoms with Gasteiger partial charge in [-0.2, -0.15) is 0 Å². The highest BCUT2D eigenvalue weighted by atomic mass is 16.5. The van der Waals surface area contributed by atoms with Gasteiger partial charge in [-0.05, 0) is 31.0 Å². The van der Waals surface area contributed by atoms with E-state index in [-0.39, 0.29) is 11.7 Å². The molecule has 0 aliphatic carbocycles. The number of morpholine rings is 1. The zero-order valence-corrected chi connectivity index (χ0v) is 12.6. The molecule has 21 heavy (non-hydrogen) atoms. The van der Waals surface area contributed by atoms with Gasteiger partial charge in [0.25, 0.3) is 11.7 Å². The number of ether oxygens (including phenoxy) is 1. The Morgan fingerprint density at radius 2 is 1.90 bits per heavy atom. The summed E-state index contributed by atoms with van der Waals surface area (Å²) in [6, 6.07) is 3.85. The van der Waals surface area contributed by atoms with Crippen LogP contribution in [0.3, 0.4) is 0 Å². The molecule has 0 bridgehead atoms. The monoisotopic (exact) mass is 289 g/mol. The molecular weight excluding hydrogens is 268 g/mol. The van der Waals surface area contributed by atoms with Crippen LogP contribution in [-0.4, -0.2) is 51.1 Å². The summed E-state index contributed by atoms with van der Waals surface area (Å²) >= 11 is 0. The summed E-state index contributed by atoms with van der Waals surface area (Å²) in [6.07, 6.45) is 0. The smallest absolute Gasteiger partial charge is 0.299 e. The normalized spacial score (nSPS) is 19.2. The molecule has 1 aromatic rings. The highest BCUT2D eigenvalue weighted by Crippen LogP contribution is 2.32. The molecule has 0 spiro atoms. The number of nitrogens with zero attached hydrogens (tertiary/aromatic N) is 1. The fraction of sp³-hybridized carbons (Fsp3) is 0.500. The molecular formula is C16H21N2O3+. The molecule has 0 aromatic heterocycles. The summed E-state index contributed by atoms with van der Waals surface area (Å²) in [5.41, 5.74) is 3.40. The minimum atomic E-state index is -0.383. The number of carbonyl (C=O) groups is 2. The van der Waals surface area contributed by atoms with Crippen molar-refractivity contribution in [3.63, 3.8) is 0 Å². The number of quaternary nitrogens is 1. The summed E-state index contributed by atoms with van der Waals surface area (Å²) in [7, 11) is 0. The third-order valence-corrected chi connectivity index (χ3v) is 4.29. The van der Waals surface area contributed by atoms with Gasteiger partial charge in [0, 0.05) is 0 Å². The maximum absolute atomic E-state index is 12.2. The Hall–Kier alpha value is -1.72. The second kappa shape index (κ2) is 5.58. The number of ketones is 1. The molecule has 0 unspecified atom stereocenters. The van der Waals surface area contributed by atoms with Gasteiger partial charge in [0.2, 0.25) is 0 Å². The van der Waals surface area contributed by atoms with Gasteiger partial charge >= 0.3 is 0 Å². The maximum atomic E-state index is 12.2. The van der Waals surface area contributed by atoms with E-state index in [9.17, 15) is 9.59 Å². The molecule has 2 aliphatic rings. The van der Waals surface area contributed by atoms with Crippen molar-refractivity contribution in [1.82, 2.24) is 0 Å². The Morgan fingerprint density at radius 1 is 1.19 bits per heavy atom. The Labute approximate surface area is 124 Å². The average Bonchev–Trinajstić information content (AvgIpc) is 2.71. The lowest BCUT2D eigenvalue weighted by molar-refractivity contribution is -0.906. The van der Waals surface area contributed by atoms with Crippen molar-refractivity contribution in [1.29, 1.82) is 0 Å². The van der Waals surface area contributed by atoms with Crippen molar-refractivity contribution < 1.29 is 19.2 Å². The summed E-state index contributed by atoms with van der Waals surface area (Å²) in [5.74, 6) is -0.750. The zero-order chi connectivity index (χ0) is 15.0. The van der Waals surface area contributed by atoms with Crippen molar-refractivity contribution in [3.8, 4) is 0 Å². The predicted molar refractivity (Wildman–Crippen MR) is 79.0 cm³/mol. The van der Waals surface area contributed by atoms with Crippen molar-refractivity contribution in [2.24, 2.45) is 0 Å². The van der Waals surface area contributed by atoms with Crippen molar-refractivity contribution in [2.45, 2.75) is 13.8 Å². The van der Waals surface area contributed by atoms with Gasteiger partial charge in [-0.1, -0.05) is 6.07 Å². The van der Waals surface area contributed by atoms with Crippen LogP contribution in [0.1, 0.15) is 21.5 Å². The lowest BCUT2D eigenvalue weighted by Crippen LogP contribution is -3.14. The van der Waals surface area contributed by atoms with Crippen molar-refractivity contribution >= 4 is 17.4 Å². The van der Waals surface area contributed by atoms with E-state index in [0.29, 0.717) is 12.1 Å². The Balaban J connectivity index is 1.80. The number of hydrogen-bond donors (Lipinski definition) is 1. The minimum absolute atomic E-state index is 0.367. The zero-order valence-electron chi connectivity index (χ0n) is 12.6. The molecule has 1 N–H and O–H groups in total. The number of aryl methyl sites for hydroxylation is 2. The molecule has 5 heteroatoms. The second-order valence-electron chi connectivity index (χ2n) is 5.88. The summed E-state index contributed by atoms with van der Waals surface area (Å²) in [6.45, 7) is 8.85. The standard InChI is InChI=1S/C16H20N2O3/c1-11-9-12(2)14-13(10-11)15(19)16(20)18(14)4-3-17-5-7-21-8-6-17/h9-10H,3-8H2,1-2H3/p+1. The van der Waals surface area contributed by atoms with E-state index >= 15 is 0 Å². The number of hydrogen-bond acceptors (Lipinski definition) is 3. The first-order valence-corrected chi connectivity index (χ1v) is 7.46. The molecule has 3 rings (SSSR count). The minimum Gasteiger partial charge on any atom is -0.370 e. The SMILES string of the molecule is Cc1cc(C)c2c(c1)C(=O)C(=O)N2CC[NH+]1CCOCC1. The van der Waals surface area contributed by atoms with Gasteiger partial charge in [-0.15, -0.1) is 0 Å². The molecule has 1 amide bonds. The van der Waals surface area contributed by atoms with Crippen LogP contribution in [0.2, 0.25) is 0 Å². The van der Waals surface area contributed by atoms with E-state index < -0.39 is 0 Å². The molecule has 1 saturated heterocycles. The topological polar surface area (TPSA) is 51.0 Å². The summed E-state index contributed by atoms with van der Waals surface area (Å²) in [4.78, 5) is 27.5. The highest BCUT2D eigenvalue weighted by molar-refractivity contribution is 6.52. The fourth-order valence-electron chi connectivity index (χ4n) is 3.22. The lowest BCUT2D eigenvalue weighted by atomic mass is 10.0. The number of anilines is 1. The first-order chi connectivity index (χ1) is 10.1. The van der Waals surface area contributed by atoms with Crippen molar-refractivity contribution in [3.05, 3.63) is 28.8 Å². The number of Topliss-reactive ketones (excluding diaryl/α,β-unsaturated/α-hetero) is 1. The van der Waals surface area contributed by atoms with Crippen LogP contribution in [0.4, 0.5) is 5.69 Å². The predicted octanol–water partition coefficient (Wildman–Crippen LogP) is -0.252. The maximum Gasteiger partial charge on any atom is 0.299 e. The van der Waals surface area contributed by atoms with Crippen molar-refractivity contribution in [2.75, 3.05) is 44.3 Å². The van der Waals surface area contributed by atoms with Crippen LogP contribution in [0, 0.1) is 13.8 Å². The van der Waals surface area contributed by atoms with Crippen LogP contribution in [0.25, 0.3) is 0 Å². The van der Waals surface area contributed by atoms with Gasteiger partial charge in [0.05, 0.1) is 37.6 Å². The van der Waals surface area contributed by atoms with Crippen LogP contribution >= 0.6 is 0 Å². The molecule has 0 saturated carbocycles. The molecule has 0 radical (unpaired) electrons. The Morgan fingerprint density at radius 3 is 2.62 bits per heavy atom. The first kappa shape index (κ1) is 14.2. The van der Waals surface area contributed by atoms with E-state index in [0.717, 1.165) is 49.7 Å². The van der Waals surface area contributed by atoms with Crippen LogP contribution < -0.4 is 9.80 Å². The van der Waals surface area contributed by atoms with Crippen LogP contribution in [0.5, 0.6) is 0 Å². The number of rotatable bonds is 3. The third-order valence-electron chi connectivity index (χ3n) is 4.29. The average molecular weight is 289 g/mol. The van der Waals surface area contributed by atoms with E-state index in [1.54, 1.807) is 4.90 Å². The number of amides is 1. The molecule has 1 aromatic carbocycles. The van der Waals surface area contributed by atoms with E-state index in [2.05, 4.69) is 0 Å².